The van der Waals surface area contributed by atoms with Crippen molar-refractivity contribution in [2.75, 3.05) is 0 Å². The Morgan fingerprint density at radius 2 is 2.19 bits per heavy atom. The fraction of sp³-hybridized carbons (Fsp3) is 0.429. The molecular formula is C14H14F3N2OS+. The molecule has 2 aliphatic rings. The highest BCUT2D eigenvalue weighted by molar-refractivity contribution is 7.15. The van der Waals surface area contributed by atoms with E-state index < -0.39 is 11.7 Å². The number of hydrogen-bond acceptors (Lipinski definition) is 3. The van der Waals surface area contributed by atoms with Crippen molar-refractivity contribution < 1.29 is 17.9 Å². The van der Waals surface area contributed by atoms with Crippen molar-refractivity contribution in [3.63, 3.8) is 0 Å². The first-order valence-electron chi connectivity index (χ1n) is 6.75. The molecule has 1 aliphatic carbocycles. The third-order valence-corrected chi connectivity index (χ3v) is 4.95. The molecule has 0 bridgehead atoms. The van der Waals surface area contributed by atoms with Crippen LogP contribution in [0.3, 0.4) is 0 Å². The maximum atomic E-state index is 13.1. The molecule has 0 unspecified atom stereocenters. The largest absolute Gasteiger partial charge is 0.418 e. The standard InChI is InChI=1S/C14H14F3N2OS/c1-2-9-6-8-7-18-12-10(14(15,16)17)4-3-5-11(12)19(20)13(8)21-9/h4,6,18H,2-3,5,7H2,1H3/q+1. The second kappa shape index (κ2) is 4.98. The number of fused-ring (bicyclic) bond motifs is 1. The summed E-state index contributed by atoms with van der Waals surface area (Å²) in [6.45, 7) is 2.24. The van der Waals surface area contributed by atoms with E-state index in [1.54, 1.807) is 0 Å². The van der Waals surface area contributed by atoms with Crippen molar-refractivity contribution in [2.45, 2.75) is 38.9 Å². The maximum absolute atomic E-state index is 13.1. The quantitative estimate of drug-likeness (QED) is 0.783. The minimum atomic E-state index is -4.44. The van der Waals surface area contributed by atoms with Gasteiger partial charge < -0.3 is 5.32 Å². The number of halogens is 3. The number of rotatable bonds is 1. The highest BCUT2D eigenvalue weighted by Crippen LogP contribution is 2.42. The van der Waals surface area contributed by atoms with Gasteiger partial charge in [-0.05, 0) is 18.9 Å². The number of nitrogens with zero attached hydrogens (tertiary/aromatic N) is 1. The van der Waals surface area contributed by atoms with E-state index in [9.17, 15) is 18.1 Å². The third kappa shape index (κ3) is 2.39. The summed E-state index contributed by atoms with van der Waals surface area (Å²) in [5.41, 5.74) is 0.163. The molecule has 0 spiro atoms. The Kier molecular flexibility index (Phi) is 3.39. The fourth-order valence-corrected chi connectivity index (χ4v) is 3.70. The number of alkyl halides is 3. The number of nitroso groups, excluding NO2 is 1. The molecule has 3 nitrogen and oxygen atoms in total. The van der Waals surface area contributed by atoms with Gasteiger partial charge in [-0.1, -0.05) is 24.3 Å². The topological polar surface area (TPSA) is 32.1 Å². The summed E-state index contributed by atoms with van der Waals surface area (Å²) in [5, 5.41) is 3.33. The van der Waals surface area contributed by atoms with Crippen LogP contribution in [0, 0.1) is 4.91 Å². The molecule has 3 rings (SSSR count). The van der Waals surface area contributed by atoms with Gasteiger partial charge in [-0.2, -0.15) is 13.2 Å². The number of aryl methyl sites for hydroxylation is 1. The van der Waals surface area contributed by atoms with Crippen LogP contribution in [0.5, 0.6) is 0 Å². The van der Waals surface area contributed by atoms with Crippen LogP contribution < -0.4 is 5.32 Å². The first-order valence-corrected chi connectivity index (χ1v) is 7.57. The van der Waals surface area contributed by atoms with E-state index in [2.05, 4.69) is 5.32 Å². The first-order chi connectivity index (χ1) is 9.91. The highest BCUT2D eigenvalue weighted by Gasteiger charge is 2.44. The molecule has 21 heavy (non-hydrogen) atoms. The van der Waals surface area contributed by atoms with E-state index in [0.29, 0.717) is 16.2 Å². The summed E-state index contributed by atoms with van der Waals surface area (Å²) in [7, 11) is 0. The summed E-state index contributed by atoms with van der Waals surface area (Å²) in [6, 6.07) is 1.90. The van der Waals surface area contributed by atoms with E-state index in [0.717, 1.165) is 22.9 Å². The SMILES string of the molecule is CCc1cc2c(s1)[N+](=O)C1=C(NC2)C(C(F)(F)F)=CCC1. The van der Waals surface area contributed by atoms with E-state index in [-0.39, 0.29) is 24.4 Å². The van der Waals surface area contributed by atoms with Crippen molar-refractivity contribution in [2.24, 2.45) is 0 Å². The maximum Gasteiger partial charge on any atom is 0.418 e. The second-order valence-electron chi connectivity index (χ2n) is 5.02. The molecule has 0 saturated heterocycles. The van der Waals surface area contributed by atoms with Gasteiger partial charge in [0.05, 0.1) is 15.9 Å². The van der Waals surface area contributed by atoms with E-state index in [4.69, 9.17) is 0 Å². The molecule has 0 atom stereocenters. The lowest BCUT2D eigenvalue weighted by Gasteiger charge is -2.18. The van der Waals surface area contributed by atoms with E-state index in [1.165, 1.54) is 11.3 Å². The average Bonchev–Trinajstić information content (AvgIpc) is 2.81. The molecule has 0 amide bonds. The van der Waals surface area contributed by atoms with Gasteiger partial charge >= 0.3 is 11.2 Å². The van der Waals surface area contributed by atoms with Crippen molar-refractivity contribution in [3.8, 4) is 0 Å². The molecule has 1 N–H and O–H groups in total. The lowest BCUT2D eigenvalue weighted by molar-refractivity contribution is -0.407. The summed E-state index contributed by atoms with van der Waals surface area (Å²) in [6.07, 6.45) is -1.91. The summed E-state index contributed by atoms with van der Waals surface area (Å²) in [5.74, 6) is 0. The summed E-state index contributed by atoms with van der Waals surface area (Å²) >= 11 is 1.36. The van der Waals surface area contributed by atoms with Crippen LogP contribution in [0.25, 0.3) is 0 Å². The Hall–Kier alpha value is -1.63. The number of nitrogens with one attached hydrogen (secondary N) is 1. The van der Waals surface area contributed by atoms with Gasteiger partial charge in [-0.25, -0.2) is 0 Å². The Morgan fingerprint density at radius 1 is 1.43 bits per heavy atom. The molecule has 1 aliphatic heterocycles. The number of thiophene rings is 1. The lowest BCUT2D eigenvalue weighted by Crippen LogP contribution is -2.26. The Balaban J connectivity index is 2.07. The molecule has 0 aromatic carbocycles. The van der Waals surface area contributed by atoms with E-state index in [1.807, 2.05) is 13.0 Å². The van der Waals surface area contributed by atoms with Gasteiger partial charge in [0, 0.05) is 22.7 Å². The van der Waals surface area contributed by atoms with Gasteiger partial charge in [0.15, 0.2) is 0 Å². The predicted octanol–water partition coefficient (Wildman–Crippen LogP) is 4.32. The molecule has 112 valence electrons. The normalized spacial score (nSPS) is 18.7. The number of allylic oxidation sites excluding steroid dienone is 3. The van der Waals surface area contributed by atoms with E-state index >= 15 is 0 Å². The zero-order valence-electron chi connectivity index (χ0n) is 11.4. The lowest BCUT2D eigenvalue weighted by atomic mass is 10.00. The number of hydrogen-bond donors (Lipinski definition) is 1. The molecule has 0 fully saturated rings. The van der Waals surface area contributed by atoms with Crippen LogP contribution >= 0.6 is 11.3 Å². The van der Waals surface area contributed by atoms with Crippen molar-refractivity contribution in [1.29, 1.82) is 0 Å². The average molecular weight is 315 g/mol. The molecule has 7 heteroatoms. The van der Waals surface area contributed by atoms with Crippen molar-refractivity contribution in [3.05, 3.63) is 44.5 Å². The molecule has 1 aromatic rings. The Bertz CT molecular complexity index is 670. The van der Waals surface area contributed by atoms with Gasteiger partial charge in [0.2, 0.25) is 0 Å². The van der Waals surface area contributed by atoms with Crippen LogP contribution in [0.4, 0.5) is 18.2 Å². The summed E-state index contributed by atoms with van der Waals surface area (Å²) < 4.78 is 39.9. The first kappa shape index (κ1) is 14.3. The van der Waals surface area contributed by atoms with Gasteiger partial charge in [-0.3, -0.25) is 0 Å². The minimum absolute atomic E-state index is 0.0646. The Morgan fingerprint density at radius 3 is 2.86 bits per heavy atom. The van der Waals surface area contributed by atoms with Crippen LogP contribution in [-0.4, -0.2) is 10.9 Å². The predicted molar refractivity (Wildman–Crippen MR) is 74.2 cm³/mol. The second-order valence-corrected chi connectivity index (χ2v) is 6.14. The Labute approximate surface area is 123 Å². The van der Waals surface area contributed by atoms with Crippen LogP contribution in [0.1, 0.15) is 30.2 Å². The molecule has 1 aromatic heterocycles. The minimum Gasteiger partial charge on any atom is -0.375 e. The van der Waals surface area contributed by atoms with Gasteiger partial charge in [0.25, 0.3) is 5.70 Å². The van der Waals surface area contributed by atoms with Gasteiger partial charge in [0.1, 0.15) is 5.70 Å². The highest BCUT2D eigenvalue weighted by atomic mass is 32.1. The molecule has 0 saturated carbocycles. The fourth-order valence-electron chi connectivity index (χ4n) is 2.65. The smallest absolute Gasteiger partial charge is 0.375 e. The monoisotopic (exact) mass is 315 g/mol. The zero-order valence-corrected chi connectivity index (χ0v) is 12.2. The van der Waals surface area contributed by atoms with Crippen molar-refractivity contribution >= 4 is 16.3 Å². The van der Waals surface area contributed by atoms with Crippen LogP contribution in [0.15, 0.2) is 29.1 Å². The van der Waals surface area contributed by atoms with Crippen molar-refractivity contribution in [1.82, 2.24) is 5.32 Å². The molecular weight excluding hydrogens is 301 g/mol. The van der Waals surface area contributed by atoms with Crippen LogP contribution in [0.2, 0.25) is 0 Å². The van der Waals surface area contributed by atoms with Gasteiger partial charge in [-0.15, -0.1) is 0 Å². The molecule has 0 radical (unpaired) electrons. The van der Waals surface area contributed by atoms with Crippen LogP contribution in [-0.2, 0) is 13.0 Å². The third-order valence-electron chi connectivity index (χ3n) is 3.66. The zero-order chi connectivity index (χ0) is 15.2. The molecule has 2 heterocycles. The summed E-state index contributed by atoms with van der Waals surface area (Å²) in [4.78, 5) is 13.6.